The lowest BCUT2D eigenvalue weighted by molar-refractivity contribution is -0.128. The molecule has 7 heteroatoms. The molecule has 118 valence electrons. The van der Waals surface area contributed by atoms with Gasteiger partial charge >= 0.3 is 0 Å². The molecule has 1 aromatic heterocycles. The first-order valence-corrected chi connectivity index (χ1v) is 6.99. The molecule has 1 aliphatic heterocycles. The minimum Gasteiger partial charge on any atom is -0.496 e. The van der Waals surface area contributed by atoms with Crippen LogP contribution in [-0.4, -0.2) is 34.2 Å². The zero-order chi connectivity index (χ0) is 16.6. The highest BCUT2D eigenvalue weighted by Gasteiger charge is 2.40. The maximum Gasteiger partial charge on any atom is 0.230 e. The number of nitrogen functional groups attached to an aromatic ring is 1. The smallest absolute Gasteiger partial charge is 0.230 e. The van der Waals surface area contributed by atoms with Crippen molar-refractivity contribution in [3.8, 4) is 17.0 Å². The molecule has 0 fully saturated rings. The van der Waals surface area contributed by atoms with Crippen molar-refractivity contribution in [3.63, 3.8) is 0 Å². The van der Waals surface area contributed by atoms with Crippen LogP contribution in [0.1, 0.15) is 19.4 Å². The average Bonchev–Trinajstić information content (AvgIpc) is 2.81. The number of hydrogen-bond acceptors (Lipinski definition) is 7. The molecule has 2 aromatic rings. The lowest BCUT2D eigenvalue weighted by Gasteiger charge is -2.12. The third-order valence-electron chi connectivity index (χ3n) is 3.55. The molecular weight excluding hydrogens is 296 g/mol. The molecular formula is C16H16N4O3. The van der Waals surface area contributed by atoms with E-state index in [1.807, 2.05) is 0 Å². The number of methoxy groups -OCH3 is 1. The number of ether oxygens (including phenoxy) is 1. The third-order valence-corrected chi connectivity index (χ3v) is 3.55. The second-order valence-corrected chi connectivity index (χ2v) is 5.61. The molecule has 2 N–H and O–H groups in total. The molecule has 1 aromatic carbocycles. The summed E-state index contributed by atoms with van der Waals surface area (Å²) >= 11 is 0. The Bertz CT molecular complexity index is 797. The fourth-order valence-corrected chi connectivity index (χ4v) is 2.24. The second kappa shape index (κ2) is 5.35. The lowest BCUT2D eigenvalue weighted by Crippen LogP contribution is -2.33. The summed E-state index contributed by atoms with van der Waals surface area (Å²) in [5.74, 6) is 0.769. The van der Waals surface area contributed by atoms with Crippen LogP contribution in [0.4, 0.5) is 5.82 Å². The highest BCUT2D eigenvalue weighted by atomic mass is 16.7. The van der Waals surface area contributed by atoms with E-state index in [0.717, 1.165) is 0 Å². The molecule has 3 rings (SSSR count). The van der Waals surface area contributed by atoms with E-state index in [4.69, 9.17) is 15.3 Å². The molecule has 0 spiro atoms. The van der Waals surface area contributed by atoms with Crippen molar-refractivity contribution >= 4 is 17.3 Å². The van der Waals surface area contributed by atoms with Crippen LogP contribution in [0.5, 0.6) is 5.75 Å². The number of aromatic nitrogens is 2. The zero-order valence-corrected chi connectivity index (χ0v) is 13.0. The summed E-state index contributed by atoms with van der Waals surface area (Å²) in [5, 5.41) is 3.91. The molecule has 1 aliphatic rings. The molecule has 2 heterocycles. The number of rotatable bonds is 3. The maximum atomic E-state index is 12.3. The number of nitrogens with two attached hydrogens (primary N) is 1. The van der Waals surface area contributed by atoms with Crippen molar-refractivity contribution in [2.75, 3.05) is 12.8 Å². The zero-order valence-electron chi connectivity index (χ0n) is 13.0. The second-order valence-electron chi connectivity index (χ2n) is 5.61. The Hall–Kier alpha value is -2.96. The molecule has 0 bridgehead atoms. The van der Waals surface area contributed by atoms with Gasteiger partial charge in [0.2, 0.25) is 5.78 Å². The summed E-state index contributed by atoms with van der Waals surface area (Å²) in [6.45, 7) is 3.36. The monoisotopic (exact) mass is 312 g/mol. The molecule has 0 unspecified atom stereocenters. The normalized spacial score (nSPS) is 16.0. The molecule has 0 amide bonds. The number of anilines is 1. The van der Waals surface area contributed by atoms with E-state index in [-0.39, 0.29) is 11.5 Å². The first-order chi connectivity index (χ1) is 10.9. The molecule has 0 saturated carbocycles. The number of nitrogens with zero attached hydrogens (tertiary/aromatic N) is 3. The Morgan fingerprint density at radius 1 is 1.22 bits per heavy atom. The number of Topliss-reactive ketones (excluding diaryl/α,β-unsaturated/α-hetero) is 1. The Morgan fingerprint density at radius 3 is 2.57 bits per heavy atom. The minimum atomic E-state index is -0.948. The van der Waals surface area contributed by atoms with Gasteiger partial charge in [0.05, 0.1) is 25.2 Å². The van der Waals surface area contributed by atoms with Gasteiger partial charge in [0, 0.05) is 11.1 Å². The van der Waals surface area contributed by atoms with Crippen molar-refractivity contribution in [3.05, 3.63) is 36.2 Å². The van der Waals surface area contributed by atoms with Gasteiger partial charge in [-0.25, -0.2) is 4.98 Å². The van der Waals surface area contributed by atoms with Gasteiger partial charge in [-0.15, -0.1) is 0 Å². The molecule has 0 saturated heterocycles. The van der Waals surface area contributed by atoms with Crippen molar-refractivity contribution in [2.45, 2.75) is 19.4 Å². The van der Waals surface area contributed by atoms with E-state index in [0.29, 0.717) is 28.4 Å². The Kier molecular flexibility index (Phi) is 3.48. The van der Waals surface area contributed by atoms with E-state index < -0.39 is 5.60 Å². The van der Waals surface area contributed by atoms with E-state index >= 15 is 0 Å². The van der Waals surface area contributed by atoms with E-state index in [2.05, 4.69) is 15.1 Å². The average molecular weight is 312 g/mol. The highest BCUT2D eigenvalue weighted by molar-refractivity contribution is 6.49. The lowest BCUT2D eigenvalue weighted by atomic mass is 9.94. The SMILES string of the molecule is COc1ccc(C2=NOC(C)(C)C2=O)cc1-c1cnc(N)cn1. The van der Waals surface area contributed by atoms with E-state index in [1.165, 1.54) is 6.20 Å². The molecule has 23 heavy (non-hydrogen) atoms. The Labute approximate surface area is 133 Å². The van der Waals surface area contributed by atoms with Gasteiger partial charge < -0.3 is 15.3 Å². The fourth-order valence-electron chi connectivity index (χ4n) is 2.24. The predicted molar refractivity (Wildman–Crippen MR) is 85.1 cm³/mol. The van der Waals surface area contributed by atoms with Gasteiger partial charge in [0.15, 0.2) is 11.3 Å². The number of oxime groups is 1. The highest BCUT2D eigenvalue weighted by Crippen LogP contribution is 2.31. The Morgan fingerprint density at radius 2 is 2.00 bits per heavy atom. The van der Waals surface area contributed by atoms with Gasteiger partial charge in [-0.05, 0) is 32.0 Å². The third kappa shape index (κ3) is 2.61. The number of carbonyl (C=O) groups excluding carboxylic acids is 1. The summed E-state index contributed by atoms with van der Waals surface area (Å²) in [6, 6.07) is 5.29. The summed E-state index contributed by atoms with van der Waals surface area (Å²) < 4.78 is 5.36. The van der Waals surface area contributed by atoms with Gasteiger partial charge in [-0.1, -0.05) is 5.16 Å². The van der Waals surface area contributed by atoms with Crippen LogP contribution < -0.4 is 10.5 Å². The predicted octanol–water partition coefficient (Wildman–Crippen LogP) is 1.82. The summed E-state index contributed by atoms with van der Waals surface area (Å²) in [4.78, 5) is 25.8. The molecule has 0 radical (unpaired) electrons. The summed E-state index contributed by atoms with van der Waals surface area (Å²) in [7, 11) is 1.56. The number of benzene rings is 1. The van der Waals surface area contributed by atoms with Crippen LogP contribution in [-0.2, 0) is 9.63 Å². The van der Waals surface area contributed by atoms with Gasteiger partial charge in [0.25, 0.3) is 0 Å². The molecule has 0 aliphatic carbocycles. The summed E-state index contributed by atoms with van der Waals surface area (Å²) in [5.41, 5.74) is 6.81. The summed E-state index contributed by atoms with van der Waals surface area (Å²) in [6.07, 6.45) is 3.02. The van der Waals surface area contributed by atoms with Gasteiger partial charge in [-0.2, -0.15) is 0 Å². The number of carbonyl (C=O) groups is 1. The van der Waals surface area contributed by atoms with Crippen LogP contribution in [0.2, 0.25) is 0 Å². The van der Waals surface area contributed by atoms with E-state index in [1.54, 1.807) is 45.4 Å². The Balaban J connectivity index is 2.07. The van der Waals surface area contributed by atoms with E-state index in [9.17, 15) is 4.79 Å². The minimum absolute atomic E-state index is 0.169. The number of ketones is 1. The van der Waals surface area contributed by atoms with Crippen LogP contribution in [0.3, 0.4) is 0 Å². The quantitative estimate of drug-likeness (QED) is 0.928. The number of hydrogen-bond donors (Lipinski definition) is 1. The largest absolute Gasteiger partial charge is 0.496 e. The van der Waals surface area contributed by atoms with Crippen molar-refractivity contribution in [2.24, 2.45) is 5.16 Å². The topological polar surface area (TPSA) is 99.7 Å². The van der Waals surface area contributed by atoms with Gasteiger partial charge in [-0.3, -0.25) is 9.78 Å². The molecule has 7 nitrogen and oxygen atoms in total. The fraction of sp³-hybridized carbons (Fsp3) is 0.250. The van der Waals surface area contributed by atoms with Crippen LogP contribution in [0.15, 0.2) is 35.7 Å². The van der Waals surface area contributed by atoms with Crippen molar-refractivity contribution in [1.29, 1.82) is 0 Å². The van der Waals surface area contributed by atoms with Crippen molar-refractivity contribution in [1.82, 2.24) is 9.97 Å². The van der Waals surface area contributed by atoms with Crippen molar-refractivity contribution < 1.29 is 14.4 Å². The first-order valence-electron chi connectivity index (χ1n) is 6.99. The van der Waals surface area contributed by atoms with Crippen LogP contribution in [0.25, 0.3) is 11.3 Å². The maximum absolute atomic E-state index is 12.3. The standard InChI is InChI=1S/C16H16N4O3/c1-16(2)15(21)14(20-23-16)9-4-5-12(22-3)10(6-9)11-7-19-13(17)8-18-11/h4-8H,1-3H3,(H2,17,19). The van der Waals surface area contributed by atoms with Crippen LogP contribution >= 0.6 is 0 Å². The van der Waals surface area contributed by atoms with Crippen LogP contribution in [0, 0.1) is 0 Å². The first kappa shape index (κ1) is 15.0. The molecule has 0 atom stereocenters. The van der Waals surface area contributed by atoms with Gasteiger partial charge in [0.1, 0.15) is 11.6 Å².